The number of nitrogens with zero attached hydrogens (tertiary/aromatic N) is 1. The lowest BCUT2D eigenvalue weighted by Crippen LogP contribution is -2.02. The molecule has 1 atom stereocenters. The van der Waals surface area contributed by atoms with E-state index in [0.717, 1.165) is 29.8 Å². The van der Waals surface area contributed by atoms with E-state index in [2.05, 4.69) is 45.6 Å². The maximum absolute atomic E-state index is 5.41. The van der Waals surface area contributed by atoms with Gasteiger partial charge in [-0.2, -0.15) is 0 Å². The van der Waals surface area contributed by atoms with Gasteiger partial charge in [0, 0.05) is 35.1 Å². The highest BCUT2D eigenvalue weighted by Crippen LogP contribution is 2.26. The van der Waals surface area contributed by atoms with Gasteiger partial charge in [0.05, 0.1) is 10.7 Å². The summed E-state index contributed by atoms with van der Waals surface area (Å²) in [6.07, 6.45) is 2.23. The lowest BCUT2D eigenvalue weighted by atomic mass is 10.1. The molecule has 18 heavy (non-hydrogen) atoms. The van der Waals surface area contributed by atoms with Crippen molar-refractivity contribution in [3.8, 4) is 11.3 Å². The normalized spacial score (nSPS) is 19.3. The Morgan fingerprint density at radius 1 is 1.33 bits per heavy atom. The van der Waals surface area contributed by atoms with E-state index in [4.69, 9.17) is 9.72 Å². The zero-order chi connectivity index (χ0) is 12.4. The maximum Gasteiger partial charge on any atom is 0.0936 e. The first-order valence-electron chi connectivity index (χ1n) is 6.09. The summed E-state index contributed by atoms with van der Waals surface area (Å²) in [4.78, 5) is 4.72. The zero-order valence-corrected chi connectivity index (χ0v) is 12.3. The van der Waals surface area contributed by atoms with Crippen LogP contribution in [0.5, 0.6) is 0 Å². The van der Waals surface area contributed by atoms with Gasteiger partial charge in [-0.05, 0) is 24.5 Å². The molecule has 2 aromatic rings. The summed E-state index contributed by atoms with van der Waals surface area (Å²) in [6.45, 7) is 1.81. The first kappa shape index (κ1) is 12.3. The van der Waals surface area contributed by atoms with Crippen LogP contribution < -0.4 is 0 Å². The van der Waals surface area contributed by atoms with Crippen LogP contribution in [-0.4, -0.2) is 18.2 Å². The second-order valence-corrected chi connectivity index (χ2v) is 6.43. The van der Waals surface area contributed by atoms with Crippen LogP contribution >= 0.6 is 27.3 Å². The third-order valence-electron chi connectivity index (χ3n) is 3.18. The predicted octanol–water partition coefficient (Wildman–Crippen LogP) is 4.15. The molecule has 1 fully saturated rings. The number of thiazole rings is 1. The molecule has 0 bridgehead atoms. The van der Waals surface area contributed by atoms with Gasteiger partial charge in [-0.15, -0.1) is 11.3 Å². The molecule has 0 radical (unpaired) electrons. The topological polar surface area (TPSA) is 22.1 Å². The van der Waals surface area contributed by atoms with Crippen molar-refractivity contribution in [3.05, 3.63) is 39.1 Å². The van der Waals surface area contributed by atoms with Crippen LogP contribution in [0.3, 0.4) is 0 Å². The van der Waals surface area contributed by atoms with E-state index in [1.54, 1.807) is 11.3 Å². The molecular weight excluding hydrogens is 310 g/mol. The van der Waals surface area contributed by atoms with Gasteiger partial charge >= 0.3 is 0 Å². The smallest absolute Gasteiger partial charge is 0.0936 e. The van der Waals surface area contributed by atoms with Crippen LogP contribution in [0.2, 0.25) is 0 Å². The van der Waals surface area contributed by atoms with Gasteiger partial charge in [0.1, 0.15) is 0 Å². The van der Waals surface area contributed by atoms with E-state index >= 15 is 0 Å². The van der Waals surface area contributed by atoms with E-state index in [-0.39, 0.29) is 0 Å². The van der Waals surface area contributed by atoms with Crippen LogP contribution in [0.25, 0.3) is 11.3 Å². The lowest BCUT2D eigenvalue weighted by Gasteiger charge is -2.03. The Labute approximate surface area is 119 Å². The van der Waals surface area contributed by atoms with E-state index < -0.39 is 0 Å². The minimum absolute atomic E-state index is 0.661. The average molecular weight is 324 g/mol. The van der Waals surface area contributed by atoms with E-state index in [1.807, 2.05) is 0 Å². The zero-order valence-electron chi connectivity index (χ0n) is 9.93. The standard InChI is InChI=1S/C14H14BrNOS/c15-12-3-1-11(2-4-12)13-9-18-14(16-13)7-10-5-6-17-8-10/h1-4,9-10H,5-8H2. The Balaban J connectivity index is 1.74. The number of rotatable bonds is 3. The van der Waals surface area contributed by atoms with Crippen LogP contribution in [0.1, 0.15) is 11.4 Å². The van der Waals surface area contributed by atoms with Crippen molar-refractivity contribution in [2.45, 2.75) is 12.8 Å². The molecule has 0 N–H and O–H groups in total. The highest BCUT2D eigenvalue weighted by molar-refractivity contribution is 9.10. The second-order valence-electron chi connectivity index (χ2n) is 4.57. The third-order valence-corrected chi connectivity index (χ3v) is 4.58. The van der Waals surface area contributed by atoms with Gasteiger partial charge in [0.15, 0.2) is 0 Å². The number of halogens is 1. The predicted molar refractivity (Wildman–Crippen MR) is 77.9 cm³/mol. The average Bonchev–Trinajstić information content (AvgIpc) is 3.02. The number of hydrogen-bond acceptors (Lipinski definition) is 3. The molecule has 1 aliphatic heterocycles. The molecule has 1 saturated heterocycles. The lowest BCUT2D eigenvalue weighted by molar-refractivity contribution is 0.186. The molecule has 1 aromatic heterocycles. The van der Waals surface area contributed by atoms with Gasteiger partial charge in [0.25, 0.3) is 0 Å². The maximum atomic E-state index is 5.41. The molecular formula is C14H14BrNOS. The highest BCUT2D eigenvalue weighted by atomic mass is 79.9. The Bertz CT molecular complexity index is 517. The van der Waals surface area contributed by atoms with Crippen LogP contribution in [0, 0.1) is 5.92 Å². The van der Waals surface area contributed by atoms with Gasteiger partial charge in [-0.25, -0.2) is 4.98 Å². The third kappa shape index (κ3) is 2.82. The van der Waals surface area contributed by atoms with Crippen molar-refractivity contribution in [3.63, 3.8) is 0 Å². The summed E-state index contributed by atoms with van der Waals surface area (Å²) in [5.41, 5.74) is 2.27. The minimum atomic E-state index is 0.661. The van der Waals surface area contributed by atoms with Gasteiger partial charge in [-0.1, -0.05) is 28.1 Å². The first-order valence-corrected chi connectivity index (χ1v) is 7.76. The van der Waals surface area contributed by atoms with E-state index in [0.29, 0.717) is 5.92 Å². The van der Waals surface area contributed by atoms with Crippen molar-refractivity contribution < 1.29 is 4.74 Å². The molecule has 0 spiro atoms. The fourth-order valence-electron chi connectivity index (χ4n) is 2.15. The number of ether oxygens (including phenoxy) is 1. The van der Waals surface area contributed by atoms with Crippen molar-refractivity contribution in [2.24, 2.45) is 5.92 Å². The van der Waals surface area contributed by atoms with Crippen LogP contribution in [-0.2, 0) is 11.2 Å². The molecule has 3 rings (SSSR count). The molecule has 0 amide bonds. The molecule has 1 aromatic carbocycles. The largest absolute Gasteiger partial charge is 0.381 e. The van der Waals surface area contributed by atoms with E-state index in [9.17, 15) is 0 Å². The van der Waals surface area contributed by atoms with E-state index in [1.165, 1.54) is 17.0 Å². The molecule has 1 unspecified atom stereocenters. The summed E-state index contributed by atoms with van der Waals surface area (Å²) < 4.78 is 6.51. The molecule has 0 aliphatic carbocycles. The Morgan fingerprint density at radius 3 is 2.89 bits per heavy atom. The van der Waals surface area contributed by atoms with Crippen molar-refractivity contribution in [2.75, 3.05) is 13.2 Å². The first-order chi connectivity index (χ1) is 8.81. The van der Waals surface area contributed by atoms with Gasteiger partial charge in [0.2, 0.25) is 0 Å². The SMILES string of the molecule is Brc1ccc(-c2csc(CC3CCOC3)n2)cc1. The fraction of sp³-hybridized carbons (Fsp3) is 0.357. The quantitative estimate of drug-likeness (QED) is 0.846. The van der Waals surface area contributed by atoms with Gasteiger partial charge < -0.3 is 4.74 Å². The Hall–Kier alpha value is -0.710. The summed E-state index contributed by atoms with van der Waals surface area (Å²) in [5, 5.41) is 3.37. The number of benzene rings is 1. The monoisotopic (exact) mass is 323 g/mol. The summed E-state index contributed by atoms with van der Waals surface area (Å²) in [7, 11) is 0. The van der Waals surface area contributed by atoms with Crippen molar-refractivity contribution in [1.29, 1.82) is 0 Å². The Kier molecular flexibility index (Phi) is 3.77. The number of aromatic nitrogens is 1. The highest BCUT2D eigenvalue weighted by Gasteiger charge is 2.17. The number of hydrogen-bond donors (Lipinski definition) is 0. The molecule has 4 heteroatoms. The van der Waals surface area contributed by atoms with Crippen LogP contribution in [0.15, 0.2) is 34.1 Å². The molecule has 94 valence electrons. The molecule has 1 aliphatic rings. The van der Waals surface area contributed by atoms with Crippen LogP contribution in [0.4, 0.5) is 0 Å². The molecule has 2 heterocycles. The summed E-state index contributed by atoms with van der Waals surface area (Å²) in [6, 6.07) is 8.31. The molecule has 0 saturated carbocycles. The summed E-state index contributed by atoms with van der Waals surface area (Å²) >= 11 is 5.21. The van der Waals surface area contributed by atoms with Crippen molar-refractivity contribution >= 4 is 27.3 Å². The van der Waals surface area contributed by atoms with Gasteiger partial charge in [-0.3, -0.25) is 0 Å². The van der Waals surface area contributed by atoms with Crippen molar-refractivity contribution in [1.82, 2.24) is 4.98 Å². The fourth-order valence-corrected chi connectivity index (χ4v) is 3.33. The second kappa shape index (κ2) is 5.51. The summed E-state index contributed by atoms with van der Waals surface area (Å²) in [5.74, 6) is 0.661. The molecule has 2 nitrogen and oxygen atoms in total. The minimum Gasteiger partial charge on any atom is -0.381 e. The Morgan fingerprint density at radius 2 is 2.17 bits per heavy atom.